The van der Waals surface area contributed by atoms with E-state index in [4.69, 9.17) is 4.74 Å². The van der Waals surface area contributed by atoms with Crippen molar-refractivity contribution in [2.75, 3.05) is 6.61 Å². The Labute approximate surface area is 131 Å². The van der Waals surface area contributed by atoms with Gasteiger partial charge in [-0.1, -0.05) is 48.5 Å². The molecular formula is C20H20O2. The Hall–Kier alpha value is -2.09. The summed E-state index contributed by atoms with van der Waals surface area (Å²) in [4.78, 5) is 12.0. The highest BCUT2D eigenvalue weighted by molar-refractivity contribution is 5.70. The van der Waals surface area contributed by atoms with Gasteiger partial charge in [0.25, 0.3) is 0 Å². The van der Waals surface area contributed by atoms with Crippen molar-refractivity contribution in [3.05, 3.63) is 70.8 Å². The number of hydrogen-bond acceptors (Lipinski definition) is 2. The maximum Gasteiger partial charge on any atom is 0.306 e. The Morgan fingerprint density at radius 1 is 1.00 bits per heavy atom. The van der Waals surface area contributed by atoms with Crippen molar-refractivity contribution in [3.63, 3.8) is 0 Å². The van der Waals surface area contributed by atoms with Crippen LogP contribution in [0.25, 0.3) is 0 Å². The van der Waals surface area contributed by atoms with E-state index in [1.165, 1.54) is 22.3 Å². The molecule has 22 heavy (non-hydrogen) atoms. The molecule has 2 bridgehead atoms. The van der Waals surface area contributed by atoms with E-state index in [0.29, 0.717) is 30.8 Å². The Kier molecular flexibility index (Phi) is 3.25. The SMILES string of the molecule is CCOC(=O)CC1CC2c3ccccc3C1c1ccccc12. The van der Waals surface area contributed by atoms with E-state index in [9.17, 15) is 4.79 Å². The van der Waals surface area contributed by atoms with Crippen molar-refractivity contribution in [3.8, 4) is 0 Å². The molecule has 3 aliphatic carbocycles. The van der Waals surface area contributed by atoms with Crippen molar-refractivity contribution in [1.29, 1.82) is 0 Å². The molecule has 0 fully saturated rings. The number of ether oxygens (including phenoxy) is 1. The third-order valence-corrected chi connectivity index (χ3v) is 5.16. The molecule has 0 aromatic heterocycles. The number of esters is 1. The van der Waals surface area contributed by atoms with Gasteiger partial charge in [0, 0.05) is 18.3 Å². The lowest BCUT2D eigenvalue weighted by atomic mass is 9.58. The molecule has 3 aliphatic rings. The van der Waals surface area contributed by atoms with E-state index in [1.54, 1.807) is 0 Å². The van der Waals surface area contributed by atoms with E-state index in [2.05, 4.69) is 48.5 Å². The van der Waals surface area contributed by atoms with Gasteiger partial charge in [-0.25, -0.2) is 0 Å². The van der Waals surface area contributed by atoms with E-state index < -0.39 is 0 Å². The lowest BCUT2D eigenvalue weighted by molar-refractivity contribution is -0.144. The van der Waals surface area contributed by atoms with Gasteiger partial charge in [0.05, 0.1) is 6.61 Å². The second kappa shape index (κ2) is 5.28. The fourth-order valence-electron chi connectivity index (χ4n) is 4.39. The smallest absolute Gasteiger partial charge is 0.306 e. The number of carbonyl (C=O) groups is 1. The van der Waals surface area contributed by atoms with Gasteiger partial charge >= 0.3 is 5.97 Å². The first-order chi connectivity index (χ1) is 10.8. The van der Waals surface area contributed by atoms with Crippen LogP contribution in [0.5, 0.6) is 0 Å². The molecule has 0 spiro atoms. The van der Waals surface area contributed by atoms with Gasteiger partial charge in [0.15, 0.2) is 0 Å². The number of fused-ring (bicyclic) bond motifs is 1. The van der Waals surface area contributed by atoms with Crippen LogP contribution in [0.2, 0.25) is 0 Å². The minimum Gasteiger partial charge on any atom is -0.466 e. The molecule has 0 radical (unpaired) electrons. The van der Waals surface area contributed by atoms with Gasteiger partial charge < -0.3 is 4.74 Å². The molecule has 5 rings (SSSR count). The van der Waals surface area contributed by atoms with Gasteiger partial charge in [0.1, 0.15) is 0 Å². The van der Waals surface area contributed by atoms with Crippen LogP contribution < -0.4 is 0 Å². The molecule has 1 atom stereocenters. The minimum atomic E-state index is -0.0602. The summed E-state index contributed by atoms with van der Waals surface area (Å²) < 4.78 is 5.19. The summed E-state index contributed by atoms with van der Waals surface area (Å²) in [5.41, 5.74) is 5.72. The molecule has 2 aromatic rings. The molecule has 0 N–H and O–H groups in total. The molecular weight excluding hydrogens is 272 g/mol. The summed E-state index contributed by atoms with van der Waals surface area (Å²) in [5.74, 6) is 1.06. The third kappa shape index (κ3) is 1.98. The van der Waals surface area contributed by atoms with Crippen molar-refractivity contribution in [1.82, 2.24) is 0 Å². The fraction of sp³-hybridized carbons (Fsp3) is 0.350. The van der Waals surface area contributed by atoms with Crippen LogP contribution in [0.4, 0.5) is 0 Å². The van der Waals surface area contributed by atoms with Crippen LogP contribution in [-0.4, -0.2) is 12.6 Å². The van der Waals surface area contributed by atoms with Gasteiger partial charge in [0.2, 0.25) is 0 Å². The molecule has 0 saturated heterocycles. The third-order valence-electron chi connectivity index (χ3n) is 5.16. The quantitative estimate of drug-likeness (QED) is 0.791. The average molecular weight is 292 g/mol. The number of carbonyl (C=O) groups excluding carboxylic acids is 1. The molecule has 0 amide bonds. The summed E-state index contributed by atoms with van der Waals surface area (Å²) in [5, 5.41) is 0. The standard InChI is InChI=1S/C20H20O2/c1-2-22-19(21)12-13-11-18-14-7-3-5-9-16(14)20(13)17-10-6-4-8-15(17)18/h3-10,13,18,20H,2,11-12H2,1H3. The second-order valence-electron chi connectivity index (χ2n) is 6.29. The monoisotopic (exact) mass is 292 g/mol. The highest BCUT2D eigenvalue weighted by Gasteiger charge is 2.43. The second-order valence-corrected chi connectivity index (χ2v) is 6.29. The van der Waals surface area contributed by atoms with Crippen LogP contribution in [0.15, 0.2) is 48.5 Å². The van der Waals surface area contributed by atoms with E-state index in [-0.39, 0.29) is 5.97 Å². The Bertz CT molecular complexity index is 672. The number of benzene rings is 2. The molecule has 2 aromatic carbocycles. The van der Waals surface area contributed by atoms with E-state index in [0.717, 1.165) is 6.42 Å². The van der Waals surface area contributed by atoms with Crippen molar-refractivity contribution in [2.45, 2.75) is 31.6 Å². The van der Waals surface area contributed by atoms with Crippen molar-refractivity contribution < 1.29 is 9.53 Å². The maximum absolute atomic E-state index is 12.0. The first-order valence-corrected chi connectivity index (χ1v) is 8.13. The van der Waals surface area contributed by atoms with Crippen molar-refractivity contribution >= 4 is 5.97 Å². The lowest BCUT2D eigenvalue weighted by Crippen LogP contribution is -2.33. The molecule has 0 heterocycles. The number of rotatable bonds is 3. The molecule has 2 heteroatoms. The zero-order chi connectivity index (χ0) is 15.1. The van der Waals surface area contributed by atoms with Gasteiger partial charge in [-0.15, -0.1) is 0 Å². The van der Waals surface area contributed by atoms with Crippen LogP contribution >= 0.6 is 0 Å². The summed E-state index contributed by atoms with van der Waals surface area (Å²) in [6.07, 6.45) is 1.58. The first-order valence-electron chi connectivity index (χ1n) is 8.13. The summed E-state index contributed by atoms with van der Waals surface area (Å²) in [6, 6.07) is 17.5. The van der Waals surface area contributed by atoms with Gasteiger partial charge in [-0.2, -0.15) is 0 Å². The molecule has 0 saturated carbocycles. The molecule has 0 aliphatic heterocycles. The zero-order valence-corrected chi connectivity index (χ0v) is 12.8. The number of hydrogen-bond donors (Lipinski definition) is 0. The van der Waals surface area contributed by atoms with Crippen LogP contribution in [-0.2, 0) is 9.53 Å². The summed E-state index contributed by atoms with van der Waals surface area (Å²) in [7, 11) is 0. The normalized spacial score (nSPS) is 24.5. The van der Waals surface area contributed by atoms with Crippen LogP contribution in [0.1, 0.15) is 53.9 Å². The van der Waals surface area contributed by atoms with E-state index >= 15 is 0 Å². The summed E-state index contributed by atoms with van der Waals surface area (Å²) in [6.45, 7) is 2.34. The summed E-state index contributed by atoms with van der Waals surface area (Å²) >= 11 is 0. The minimum absolute atomic E-state index is 0.0602. The van der Waals surface area contributed by atoms with E-state index in [1.807, 2.05) is 6.92 Å². The van der Waals surface area contributed by atoms with Gasteiger partial charge in [-0.05, 0) is 41.5 Å². The van der Waals surface area contributed by atoms with Crippen molar-refractivity contribution in [2.24, 2.45) is 5.92 Å². The highest BCUT2D eigenvalue weighted by Crippen LogP contribution is 2.56. The first kappa shape index (κ1) is 13.6. The topological polar surface area (TPSA) is 26.3 Å². The predicted molar refractivity (Wildman–Crippen MR) is 85.9 cm³/mol. The van der Waals surface area contributed by atoms with Crippen LogP contribution in [0, 0.1) is 5.92 Å². The van der Waals surface area contributed by atoms with Gasteiger partial charge in [-0.3, -0.25) is 4.79 Å². The predicted octanol–water partition coefficient (Wildman–Crippen LogP) is 4.24. The largest absolute Gasteiger partial charge is 0.466 e. The highest BCUT2D eigenvalue weighted by atomic mass is 16.5. The Morgan fingerprint density at radius 2 is 1.55 bits per heavy atom. The average Bonchev–Trinajstić information content (AvgIpc) is 2.55. The molecule has 2 nitrogen and oxygen atoms in total. The van der Waals surface area contributed by atoms with Crippen LogP contribution in [0.3, 0.4) is 0 Å². The Balaban J connectivity index is 1.77. The molecule has 112 valence electrons. The fourth-order valence-corrected chi connectivity index (χ4v) is 4.39. The maximum atomic E-state index is 12.0. The molecule has 1 unspecified atom stereocenters. The Morgan fingerprint density at radius 3 is 2.09 bits per heavy atom. The zero-order valence-electron chi connectivity index (χ0n) is 12.8. The lowest BCUT2D eigenvalue weighted by Gasteiger charge is -2.45.